The lowest BCUT2D eigenvalue weighted by Gasteiger charge is -2.19. The van der Waals surface area contributed by atoms with Gasteiger partial charge in [0.15, 0.2) is 5.82 Å². The molecule has 0 bridgehead atoms. The van der Waals surface area contributed by atoms with Gasteiger partial charge in [-0.2, -0.15) is 9.37 Å². The number of halogens is 3. The van der Waals surface area contributed by atoms with Crippen molar-refractivity contribution in [1.82, 2.24) is 9.97 Å². The van der Waals surface area contributed by atoms with Gasteiger partial charge in [-0.3, -0.25) is 0 Å². The monoisotopic (exact) mass is 447 g/mol. The molecule has 0 radical (unpaired) electrons. The summed E-state index contributed by atoms with van der Waals surface area (Å²) < 4.78 is 52.2. The van der Waals surface area contributed by atoms with Crippen molar-refractivity contribution < 1.29 is 22.6 Å². The van der Waals surface area contributed by atoms with Gasteiger partial charge in [0.2, 0.25) is 5.82 Å². The molecule has 2 fully saturated rings. The van der Waals surface area contributed by atoms with Crippen LogP contribution in [0.25, 0.3) is 0 Å². The van der Waals surface area contributed by atoms with Crippen molar-refractivity contribution in [3.05, 3.63) is 54.1 Å². The van der Waals surface area contributed by atoms with Gasteiger partial charge >= 0.3 is 0 Å². The number of anilines is 1. The number of rotatable bonds is 9. The number of nitrogens with zero attached hydrogens (tertiary/aromatic N) is 3. The highest BCUT2D eigenvalue weighted by Crippen LogP contribution is 2.48. The smallest absolute Gasteiger partial charge is 0.255 e. The molecular weight excluding hydrogens is 419 g/mol. The summed E-state index contributed by atoms with van der Waals surface area (Å²) in [5.74, 6) is -3.35. The Kier molecular flexibility index (Phi) is 6.31. The van der Waals surface area contributed by atoms with Crippen molar-refractivity contribution in [2.24, 2.45) is 5.92 Å². The fourth-order valence-corrected chi connectivity index (χ4v) is 4.02. The van der Waals surface area contributed by atoms with E-state index in [9.17, 15) is 13.2 Å². The van der Waals surface area contributed by atoms with Crippen molar-refractivity contribution >= 4 is 5.82 Å². The first-order chi connectivity index (χ1) is 15.2. The highest BCUT2D eigenvalue weighted by Gasteiger charge is 2.57. The van der Waals surface area contributed by atoms with Gasteiger partial charge < -0.3 is 14.4 Å². The number of aromatic nitrogens is 2. The van der Waals surface area contributed by atoms with Crippen molar-refractivity contribution in [2.75, 3.05) is 24.6 Å². The first-order valence-corrected chi connectivity index (χ1v) is 10.9. The minimum Gasteiger partial charge on any atom is -0.489 e. The molecule has 1 aliphatic carbocycles. The Morgan fingerprint density at radius 1 is 1.28 bits per heavy atom. The van der Waals surface area contributed by atoms with Crippen molar-refractivity contribution in [2.45, 2.75) is 51.1 Å². The van der Waals surface area contributed by atoms with Crippen LogP contribution in [0.3, 0.4) is 0 Å². The van der Waals surface area contributed by atoms with Gasteiger partial charge in [0, 0.05) is 19.4 Å². The number of allylic oxidation sites excluding steroid dienone is 1. The van der Waals surface area contributed by atoms with E-state index in [0.717, 1.165) is 17.7 Å². The van der Waals surface area contributed by atoms with E-state index >= 15 is 0 Å². The molecule has 2 aliphatic rings. The highest BCUT2D eigenvalue weighted by molar-refractivity contribution is 5.44. The fourth-order valence-electron chi connectivity index (χ4n) is 4.02. The highest BCUT2D eigenvalue weighted by atomic mass is 19.3. The number of benzene rings is 1. The summed E-state index contributed by atoms with van der Waals surface area (Å²) in [6, 6.07) is 8.04. The number of hydrogen-bond donors (Lipinski definition) is 0. The summed E-state index contributed by atoms with van der Waals surface area (Å²) in [5.41, 5.74) is 2.38. The van der Waals surface area contributed by atoms with Crippen LogP contribution in [-0.4, -0.2) is 41.7 Å². The molecule has 8 heteroatoms. The van der Waals surface area contributed by atoms with Gasteiger partial charge in [0.05, 0.1) is 19.1 Å². The molecule has 0 amide bonds. The zero-order valence-corrected chi connectivity index (χ0v) is 18.4. The molecule has 1 aromatic carbocycles. The lowest BCUT2D eigenvalue weighted by Crippen LogP contribution is -2.26. The Hall–Kier alpha value is -2.77. The third-order valence-corrected chi connectivity index (χ3v) is 5.97. The first kappa shape index (κ1) is 22.4. The minimum absolute atomic E-state index is 0.104. The van der Waals surface area contributed by atoms with Crippen molar-refractivity contribution in [3.63, 3.8) is 0 Å². The predicted octanol–water partition coefficient (Wildman–Crippen LogP) is 5.38. The summed E-state index contributed by atoms with van der Waals surface area (Å²) in [6.07, 6.45) is 2.50. The van der Waals surface area contributed by atoms with Gasteiger partial charge in [0.25, 0.3) is 11.8 Å². The van der Waals surface area contributed by atoms with E-state index in [4.69, 9.17) is 9.47 Å². The molecule has 0 N–H and O–H groups in total. The third-order valence-electron chi connectivity index (χ3n) is 5.97. The summed E-state index contributed by atoms with van der Waals surface area (Å²) >= 11 is 0. The topological polar surface area (TPSA) is 47.5 Å². The zero-order valence-electron chi connectivity index (χ0n) is 18.4. The fraction of sp³-hybridized carbons (Fsp3) is 0.500. The second-order valence-electron chi connectivity index (χ2n) is 8.90. The van der Waals surface area contributed by atoms with Crippen LogP contribution in [0.15, 0.2) is 42.7 Å². The molecule has 2 aromatic rings. The van der Waals surface area contributed by atoms with Crippen LogP contribution in [-0.2, 0) is 0 Å². The molecule has 2 heterocycles. The largest absolute Gasteiger partial charge is 0.489 e. The molecule has 3 atom stereocenters. The quantitative estimate of drug-likeness (QED) is 0.483. The molecule has 0 spiro atoms. The van der Waals surface area contributed by atoms with Crippen LogP contribution in [0, 0.1) is 11.7 Å². The van der Waals surface area contributed by atoms with E-state index < -0.39 is 17.7 Å². The van der Waals surface area contributed by atoms with Crippen LogP contribution < -0.4 is 14.4 Å². The average Bonchev–Trinajstić information content (AvgIpc) is 3.12. The van der Waals surface area contributed by atoms with Crippen LogP contribution in [0.2, 0.25) is 0 Å². The molecule has 32 heavy (non-hydrogen) atoms. The third kappa shape index (κ3) is 5.16. The molecule has 1 saturated heterocycles. The van der Waals surface area contributed by atoms with E-state index in [0.29, 0.717) is 25.4 Å². The molecule has 5 nitrogen and oxygen atoms in total. The van der Waals surface area contributed by atoms with Crippen LogP contribution in [0.4, 0.5) is 19.0 Å². The Labute approximate surface area is 186 Å². The van der Waals surface area contributed by atoms with Crippen molar-refractivity contribution in [1.29, 1.82) is 0 Å². The number of hydrogen-bond acceptors (Lipinski definition) is 5. The summed E-state index contributed by atoms with van der Waals surface area (Å²) in [5, 5.41) is 0. The average molecular weight is 448 g/mol. The SMILES string of the molecule is C=C(C)C[C@@H](C)c1ccc(O[C@@H]2CCN(c3ncnc(OC[C@H]4CC4(F)F)c3F)C2)cc1. The predicted molar refractivity (Wildman–Crippen MR) is 116 cm³/mol. The van der Waals surface area contributed by atoms with Gasteiger partial charge in [-0.25, -0.2) is 13.8 Å². The second-order valence-corrected chi connectivity index (χ2v) is 8.90. The standard InChI is InChI=1S/C24H28F3N3O2/c1-15(2)10-16(3)17-4-6-19(7-5-17)32-20-8-9-30(12-20)22-21(25)23(29-14-28-22)31-13-18-11-24(18,26)27/h4-7,14,16,18,20H,1,8-13H2,2-3H3/t16-,18-,20-/m1/s1. The number of ether oxygens (including phenoxy) is 2. The van der Waals surface area contributed by atoms with Gasteiger partial charge in [-0.05, 0) is 37.0 Å². The molecule has 1 aromatic heterocycles. The van der Waals surface area contributed by atoms with Gasteiger partial charge in [-0.1, -0.05) is 24.6 Å². The van der Waals surface area contributed by atoms with E-state index in [-0.39, 0.29) is 30.8 Å². The van der Waals surface area contributed by atoms with Crippen LogP contribution in [0.5, 0.6) is 11.6 Å². The maximum absolute atomic E-state index is 14.8. The Morgan fingerprint density at radius 3 is 2.66 bits per heavy atom. The Morgan fingerprint density at radius 2 is 2.00 bits per heavy atom. The van der Waals surface area contributed by atoms with Crippen LogP contribution in [0.1, 0.15) is 44.6 Å². The zero-order chi connectivity index (χ0) is 22.9. The minimum atomic E-state index is -2.72. The molecule has 4 rings (SSSR count). The van der Waals surface area contributed by atoms with E-state index in [2.05, 4.69) is 35.6 Å². The summed E-state index contributed by atoms with van der Waals surface area (Å²) in [7, 11) is 0. The lowest BCUT2D eigenvalue weighted by atomic mass is 9.95. The summed E-state index contributed by atoms with van der Waals surface area (Å²) in [6.45, 7) is 8.94. The first-order valence-electron chi connectivity index (χ1n) is 10.9. The van der Waals surface area contributed by atoms with E-state index in [1.807, 2.05) is 19.1 Å². The Bertz CT molecular complexity index is 967. The second kappa shape index (κ2) is 9.00. The summed E-state index contributed by atoms with van der Waals surface area (Å²) in [4.78, 5) is 9.57. The van der Waals surface area contributed by atoms with E-state index in [1.54, 1.807) is 4.90 Å². The van der Waals surface area contributed by atoms with Crippen molar-refractivity contribution in [3.8, 4) is 11.6 Å². The molecule has 0 unspecified atom stereocenters. The normalized spacial score (nSPS) is 22.5. The van der Waals surface area contributed by atoms with Gasteiger partial charge in [0.1, 0.15) is 18.2 Å². The maximum atomic E-state index is 14.8. The molecular formula is C24H28F3N3O2. The Balaban J connectivity index is 1.33. The lowest BCUT2D eigenvalue weighted by molar-refractivity contribution is 0.0842. The van der Waals surface area contributed by atoms with E-state index in [1.165, 1.54) is 11.9 Å². The molecule has 1 aliphatic heterocycles. The van der Waals surface area contributed by atoms with Gasteiger partial charge in [-0.15, -0.1) is 6.58 Å². The molecule has 172 valence electrons. The maximum Gasteiger partial charge on any atom is 0.255 e. The van der Waals surface area contributed by atoms with Crippen LogP contribution >= 0.6 is 0 Å². The molecule has 1 saturated carbocycles. The number of alkyl halides is 2.